The highest BCUT2D eigenvalue weighted by Crippen LogP contribution is 2.31. The van der Waals surface area contributed by atoms with E-state index in [1.165, 1.54) is 6.92 Å². The molecule has 2 N–H and O–H groups in total. The Hall–Kier alpha value is -2.17. The number of carbonyl (C=O) groups excluding carboxylic acids is 3. The smallest absolute Gasteiger partial charge is 0.262 e. The molecule has 94 valence electrons. The van der Waals surface area contributed by atoms with Gasteiger partial charge < -0.3 is 5.73 Å². The first kappa shape index (κ1) is 12.3. The second-order valence-corrected chi connectivity index (χ2v) is 4.48. The van der Waals surface area contributed by atoms with Gasteiger partial charge >= 0.3 is 0 Å². The van der Waals surface area contributed by atoms with E-state index < -0.39 is 23.3 Å². The molecule has 0 bridgehead atoms. The minimum Gasteiger partial charge on any atom is -0.368 e. The van der Waals surface area contributed by atoms with Crippen molar-refractivity contribution in [1.29, 1.82) is 0 Å². The number of hydrogen-bond donors (Lipinski definition) is 1. The molecule has 18 heavy (non-hydrogen) atoms. The summed E-state index contributed by atoms with van der Waals surface area (Å²) in [5.74, 6) is -1.60. The highest BCUT2D eigenvalue weighted by molar-refractivity contribution is 6.23. The van der Waals surface area contributed by atoms with Crippen LogP contribution in [-0.2, 0) is 4.79 Å². The Morgan fingerprint density at radius 3 is 2.00 bits per heavy atom. The predicted octanol–water partition coefficient (Wildman–Crippen LogP) is 0.937. The van der Waals surface area contributed by atoms with Gasteiger partial charge in [-0.3, -0.25) is 19.3 Å². The summed E-state index contributed by atoms with van der Waals surface area (Å²) in [6, 6.07) is 6.52. The third kappa shape index (κ3) is 1.44. The molecule has 0 spiro atoms. The van der Waals surface area contributed by atoms with E-state index in [1.807, 2.05) is 0 Å². The number of nitrogens with two attached hydrogens (primary N) is 1. The van der Waals surface area contributed by atoms with E-state index >= 15 is 0 Å². The first-order chi connectivity index (χ1) is 8.43. The predicted molar refractivity (Wildman–Crippen MR) is 64.8 cm³/mol. The van der Waals surface area contributed by atoms with Gasteiger partial charge in [-0.25, -0.2) is 0 Å². The summed E-state index contributed by atoms with van der Waals surface area (Å²) in [5.41, 5.74) is 4.70. The Morgan fingerprint density at radius 1 is 1.22 bits per heavy atom. The molecular weight excluding hydrogens is 232 g/mol. The second-order valence-electron chi connectivity index (χ2n) is 4.48. The van der Waals surface area contributed by atoms with Crippen molar-refractivity contribution >= 4 is 17.7 Å². The molecule has 5 heteroatoms. The Bertz CT molecular complexity index is 518. The molecule has 1 atom stereocenters. The maximum atomic E-state index is 12.2. The summed E-state index contributed by atoms with van der Waals surface area (Å²) in [6.45, 7) is 3.23. The largest absolute Gasteiger partial charge is 0.368 e. The van der Waals surface area contributed by atoms with Gasteiger partial charge in [0.05, 0.1) is 11.1 Å². The van der Waals surface area contributed by atoms with Gasteiger partial charge in [-0.2, -0.15) is 0 Å². The van der Waals surface area contributed by atoms with Crippen molar-refractivity contribution < 1.29 is 14.4 Å². The van der Waals surface area contributed by atoms with E-state index in [1.54, 1.807) is 31.2 Å². The molecule has 1 aromatic rings. The van der Waals surface area contributed by atoms with E-state index in [2.05, 4.69) is 0 Å². The van der Waals surface area contributed by atoms with Crippen molar-refractivity contribution in [3.05, 3.63) is 35.4 Å². The molecular formula is C13H14N2O3. The SMILES string of the molecule is CC[C@](C)(C(N)=O)N1C(=O)c2ccccc2C1=O. The fourth-order valence-electron chi connectivity index (χ4n) is 2.08. The van der Waals surface area contributed by atoms with Gasteiger partial charge in [-0.05, 0) is 25.5 Å². The lowest BCUT2D eigenvalue weighted by Crippen LogP contribution is -2.57. The molecule has 0 fully saturated rings. The molecule has 0 saturated heterocycles. The summed E-state index contributed by atoms with van der Waals surface area (Å²) in [7, 11) is 0. The number of imide groups is 1. The highest BCUT2D eigenvalue weighted by atomic mass is 16.2. The number of benzene rings is 1. The molecule has 0 aliphatic carbocycles. The van der Waals surface area contributed by atoms with Crippen LogP contribution in [0.5, 0.6) is 0 Å². The average Bonchev–Trinajstić information content (AvgIpc) is 2.62. The molecule has 1 aliphatic rings. The maximum absolute atomic E-state index is 12.2. The summed E-state index contributed by atoms with van der Waals surface area (Å²) in [6.07, 6.45) is 0.286. The van der Waals surface area contributed by atoms with Gasteiger partial charge in [-0.1, -0.05) is 19.1 Å². The van der Waals surface area contributed by atoms with Crippen LogP contribution in [0.3, 0.4) is 0 Å². The molecule has 0 radical (unpaired) electrons. The van der Waals surface area contributed by atoms with Crippen LogP contribution in [0.2, 0.25) is 0 Å². The van der Waals surface area contributed by atoms with Crippen LogP contribution >= 0.6 is 0 Å². The van der Waals surface area contributed by atoms with E-state index in [-0.39, 0.29) is 6.42 Å². The lowest BCUT2D eigenvalue weighted by molar-refractivity contribution is -0.126. The van der Waals surface area contributed by atoms with Gasteiger partial charge in [0.2, 0.25) is 5.91 Å². The monoisotopic (exact) mass is 246 g/mol. The Kier molecular flexibility index (Phi) is 2.69. The maximum Gasteiger partial charge on any atom is 0.262 e. The lowest BCUT2D eigenvalue weighted by Gasteiger charge is -2.33. The van der Waals surface area contributed by atoms with Crippen molar-refractivity contribution in [3.8, 4) is 0 Å². The van der Waals surface area contributed by atoms with Crippen LogP contribution in [0, 0.1) is 0 Å². The summed E-state index contributed by atoms with van der Waals surface area (Å²) in [4.78, 5) is 37.0. The summed E-state index contributed by atoms with van der Waals surface area (Å²) in [5, 5.41) is 0. The van der Waals surface area contributed by atoms with Gasteiger partial charge in [0.15, 0.2) is 0 Å². The van der Waals surface area contributed by atoms with Crippen LogP contribution in [0.1, 0.15) is 41.0 Å². The molecule has 0 unspecified atom stereocenters. The first-order valence-electron chi connectivity index (χ1n) is 5.71. The highest BCUT2D eigenvalue weighted by Gasteiger charge is 2.48. The minimum atomic E-state index is -1.28. The molecule has 5 nitrogen and oxygen atoms in total. The standard InChI is InChI=1S/C13H14N2O3/c1-3-13(2,12(14)18)15-10(16)8-6-4-5-7-9(8)11(15)17/h4-7H,3H2,1-2H3,(H2,14,18)/t13-/m1/s1. The first-order valence-corrected chi connectivity index (χ1v) is 5.71. The van der Waals surface area contributed by atoms with E-state index in [0.717, 1.165) is 4.90 Å². The zero-order valence-electron chi connectivity index (χ0n) is 10.3. The van der Waals surface area contributed by atoms with Gasteiger partial charge in [0, 0.05) is 0 Å². The number of rotatable bonds is 3. The van der Waals surface area contributed by atoms with Crippen LogP contribution < -0.4 is 5.73 Å². The molecule has 1 aromatic carbocycles. The molecule has 0 saturated carbocycles. The topological polar surface area (TPSA) is 80.5 Å². The lowest BCUT2D eigenvalue weighted by atomic mass is 9.95. The number of carbonyl (C=O) groups is 3. The van der Waals surface area contributed by atoms with Gasteiger partial charge in [0.25, 0.3) is 11.8 Å². The Labute approximate surface area is 105 Å². The van der Waals surface area contributed by atoms with Crippen molar-refractivity contribution in [2.24, 2.45) is 5.73 Å². The van der Waals surface area contributed by atoms with E-state index in [4.69, 9.17) is 5.73 Å². The zero-order valence-corrected chi connectivity index (χ0v) is 10.3. The van der Waals surface area contributed by atoms with Crippen LogP contribution in [0.25, 0.3) is 0 Å². The third-order valence-electron chi connectivity index (χ3n) is 3.51. The molecule has 0 aromatic heterocycles. The Morgan fingerprint density at radius 2 is 1.67 bits per heavy atom. The summed E-state index contributed by atoms with van der Waals surface area (Å²) >= 11 is 0. The van der Waals surface area contributed by atoms with Gasteiger partial charge in [0.1, 0.15) is 5.54 Å². The van der Waals surface area contributed by atoms with Crippen LogP contribution in [-0.4, -0.2) is 28.2 Å². The fraction of sp³-hybridized carbons (Fsp3) is 0.308. The van der Waals surface area contributed by atoms with Crippen molar-refractivity contribution in [2.45, 2.75) is 25.8 Å². The molecule has 1 heterocycles. The van der Waals surface area contributed by atoms with Crippen molar-refractivity contribution in [1.82, 2.24) is 4.90 Å². The molecule has 3 amide bonds. The number of nitrogens with zero attached hydrogens (tertiary/aromatic N) is 1. The third-order valence-corrected chi connectivity index (χ3v) is 3.51. The summed E-state index contributed by atoms with van der Waals surface area (Å²) < 4.78 is 0. The van der Waals surface area contributed by atoms with Gasteiger partial charge in [-0.15, -0.1) is 0 Å². The fourth-order valence-corrected chi connectivity index (χ4v) is 2.08. The van der Waals surface area contributed by atoms with Crippen LogP contribution in [0.15, 0.2) is 24.3 Å². The number of primary amides is 1. The number of hydrogen-bond acceptors (Lipinski definition) is 3. The normalized spacial score (nSPS) is 17.6. The quantitative estimate of drug-likeness (QED) is 0.806. The second kappa shape index (κ2) is 3.94. The van der Waals surface area contributed by atoms with E-state index in [9.17, 15) is 14.4 Å². The molecule has 2 rings (SSSR count). The van der Waals surface area contributed by atoms with Crippen molar-refractivity contribution in [3.63, 3.8) is 0 Å². The zero-order chi connectivity index (χ0) is 13.5. The number of fused-ring (bicyclic) bond motifs is 1. The van der Waals surface area contributed by atoms with Crippen LogP contribution in [0.4, 0.5) is 0 Å². The van der Waals surface area contributed by atoms with E-state index in [0.29, 0.717) is 11.1 Å². The molecule has 1 aliphatic heterocycles. The minimum absolute atomic E-state index is 0.286. The Balaban J connectivity index is 2.55. The number of amides is 3. The van der Waals surface area contributed by atoms with Crippen molar-refractivity contribution in [2.75, 3.05) is 0 Å². The average molecular weight is 246 g/mol.